The topological polar surface area (TPSA) is 46.5 Å². The molecule has 0 heterocycles. The highest BCUT2D eigenvalue weighted by atomic mass is 35.5. The maximum Gasteiger partial charge on any atom is 0.331 e. The first-order chi connectivity index (χ1) is 8.06. The summed E-state index contributed by atoms with van der Waals surface area (Å²) in [6, 6.07) is 4.19. The van der Waals surface area contributed by atoms with Crippen LogP contribution in [0.3, 0.4) is 0 Å². The maximum absolute atomic E-state index is 13.3. The van der Waals surface area contributed by atoms with Gasteiger partial charge in [-0.15, -0.1) is 0 Å². The van der Waals surface area contributed by atoms with Crippen LogP contribution < -0.4 is 4.74 Å². The Hall–Kier alpha value is -1.55. The Kier molecular flexibility index (Phi) is 4.97. The van der Waals surface area contributed by atoms with Crippen molar-refractivity contribution >= 4 is 17.6 Å². The fourth-order valence-electron chi connectivity index (χ4n) is 1.23. The van der Waals surface area contributed by atoms with E-state index in [0.29, 0.717) is 6.42 Å². The summed E-state index contributed by atoms with van der Waals surface area (Å²) in [5, 5.41) is 8.91. The van der Waals surface area contributed by atoms with E-state index in [2.05, 4.69) is 0 Å². The zero-order valence-corrected chi connectivity index (χ0v) is 10.00. The van der Waals surface area contributed by atoms with Crippen LogP contribution in [-0.4, -0.2) is 17.7 Å². The van der Waals surface area contributed by atoms with Gasteiger partial charge in [-0.25, -0.2) is 9.18 Å². The van der Waals surface area contributed by atoms with Gasteiger partial charge in [-0.1, -0.05) is 24.6 Å². The van der Waals surface area contributed by atoms with E-state index in [0.717, 1.165) is 0 Å². The van der Waals surface area contributed by atoms with Crippen LogP contribution in [0.2, 0.25) is 5.02 Å². The van der Waals surface area contributed by atoms with Crippen LogP contribution in [-0.2, 0) is 4.79 Å². The second-order valence-electron chi connectivity index (χ2n) is 3.25. The molecule has 5 heteroatoms. The molecule has 0 bridgehead atoms. The summed E-state index contributed by atoms with van der Waals surface area (Å²) in [6.07, 6.45) is 1.77. The minimum Gasteiger partial charge on any atom is -0.485 e. The van der Waals surface area contributed by atoms with Gasteiger partial charge in [0.05, 0.1) is 5.02 Å². The van der Waals surface area contributed by atoms with Crippen LogP contribution in [0.4, 0.5) is 4.39 Å². The average molecular weight is 259 g/mol. The first-order valence-electron chi connectivity index (χ1n) is 5.05. The van der Waals surface area contributed by atoms with Gasteiger partial charge in [-0.2, -0.15) is 0 Å². The minimum absolute atomic E-state index is 0.0316. The van der Waals surface area contributed by atoms with Crippen molar-refractivity contribution < 1.29 is 19.0 Å². The molecular formula is C12H12ClFO3. The van der Waals surface area contributed by atoms with E-state index in [1.807, 2.05) is 0 Å². The normalized spacial score (nSPS) is 11.4. The Morgan fingerprint density at radius 3 is 2.82 bits per heavy atom. The zero-order chi connectivity index (χ0) is 12.8. The van der Waals surface area contributed by atoms with Gasteiger partial charge in [0.2, 0.25) is 0 Å². The number of carboxylic acids is 1. The minimum atomic E-state index is -1.00. The van der Waals surface area contributed by atoms with Crippen molar-refractivity contribution in [1.29, 1.82) is 0 Å². The lowest BCUT2D eigenvalue weighted by molar-refractivity contribution is -0.132. The highest BCUT2D eigenvalue weighted by molar-refractivity contribution is 6.32. The number of halogens is 2. The Balaban J connectivity index is 2.71. The van der Waals surface area contributed by atoms with Crippen LogP contribution in [0, 0.1) is 5.82 Å². The Bertz CT molecular complexity index is 423. The van der Waals surface area contributed by atoms with Gasteiger partial charge in [-0.3, -0.25) is 0 Å². The van der Waals surface area contributed by atoms with Crippen LogP contribution >= 0.6 is 11.6 Å². The van der Waals surface area contributed by atoms with E-state index in [1.165, 1.54) is 24.3 Å². The van der Waals surface area contributed by atoms with Gasteiger partial charge in [0.1, 0.15) is 6.61 Å². The molecule has 0 atom stereocenters. The number of ether oxygens (including phenoxy) is 1. The fourth-order valence-corrected chi connectivity index (χ4v) is 1.45. The summed E-state index contributed by atoms with van der Waals surface area (Å²) in [7, 11) is 0. The lowest BCUT2D eigenvalue weighted by Crippen LogP contribution is -2.03. The zero-order valence-electron chi connectivity index (χ0n) is 9.24. The molecule has 0 saturated carbocycles. The van der Waals surface area contributed by atoms with Crippen molar-refractivity contribution in [1.82, 2.24) is 0 Å². The smallest absolute Gasteiger partial charge is 0.331 e. The first-order valence-corrected chi connectivity index (χ1v) is 5.43. The molecule has 0 aliphatic carbocycles. The molecule has 3 nitrogen and oxygen atoms in total. The lowest BCUT2D eigenvalue weighted by atomic mass is 10.2. The van der Waals surface area contributed by atoms with Gasteiger partial charge in [0, 0.05) is 5.57 Å². The van der Waals surface area contributed by atoms with Crippen LogP contribution in [0.25, 0.3) is 0 Å². The van der Waals surface area contributed by atoms with E-state index >= 15 is 0 Å². The Labute approximate surface area is 103 Å². The molecule has 1 rings (SSSR count). The molecule has 0 unspecified atom stereocenters. The first kappa shape index (κ1) is 13.5. The molecule has 0 spiro atoms. The van der Waals surface area contributed by atoms with Crippen molar-refractivity contribution in [3.05, 3.63) is 40.7 Å². The average Bonchev–Trinajstić information content (AvgIpc) is 2.27. The summed E-state index contributed by atoms with van der Waals surface area (Å²) in [4.78, 5) is 10.7. The molecule has 92 valence electrons. The maximum atomic E-state index is 13.3. The standard InChI is InChI=1S/C12H12ClFO3/c1-2-8(12(15)16)6-7-17-11-9(13)4-3-5-10(11)14/h3-6H,2,7H2,1H3,(H,15,16)/b8-6-. The lowest BCUT2D eigenvalue weighted by Gasteiger charge is -2.07. The van der Waals surface area contributed by atoms with Gasteiger partial charge >= 0.3 is 5.97 Å². The van der Waals surface area contributed by atoms with E-state index in [1.54, 1.807) is 6.92 Å². The van der Waals surface area contributed by atoms with Crippen molar-refractivity contribution in [2.45, 2.75) is 13.3 Å². The summed E-state index contributed by atoms with van der Waals surface area (Å²) in [5.41, 5.74) is 0.220. The number of carbonyl (C=O) groups is 1. The molecular weight excluding hydrogens is 247 g/mol. The molecule has 0 radical (unpaired) electrons. The van der Waals surface area contributed by atoms with Crippen molar-refractivity contribution in [2.24, 2.45) is 0 Å². The molecule has 0 fully saturated rings. The molecule has 0 amide bonds. The Morgan fingerprint density at radius 2 is 2.29 bits per heavy atom. The summed E-state index contributed by atoms with van der Waals surface area (Å²) < 4.78 is 18.4. The molecule has 1 N–H and O–H groups in total. The van der Waals surface area contributed by atoms with E-state index in [9.17, 15) is 9.18 Å². The predicted octanol–water partition coefficient (Wildman–Crippen LogP) is 3.28. The Morgan fingerprint density at radius 1 is 1.59 bits per heavy atom. The third-order valence-electron chi connectivity index (χ3n) is 2.13. The van der Waals surface area contributed by atoms with Gasteiger partial charge in [0.25, 0.3) is 0 Å². The van der Waals surface area contributed by atoms with Crippen LogP contribution in [0.1, 0.15) is 13.3 Å². The van der Waals surface area contributed by atoms with Crippen molar-refractivity contribution in [3.8, 4) is 5.75 Å². The second kappa shape index (κ2) is 6.25. The summed E-state index contributed by atoms with van der Waals surface area (Å²) >= 11 is 5.74. The second-order valence-corrected chi connectivity index (χ2v) is 3.66. The van der Waals surface area contributed by atoms with Crippen LogP contribution in [0.5, 0.6) is 5.75 Å². The molecule has 1 aromatic carbocycles. The number of para-hydroxylation sites is 1. The summed E-state index contributed by atoms with van der Waals surface area (Å²) in [6.45, 7) is 1.69. The van der Waals surface area contributed by atoms with E-state index in [4.69, 9.17) is 21.4 Å². The monoisotopic (exact) mass is 258 g/mol. The fraction of sp³-hybridized carbons (Fsp3) is 0.250. The number of carboxylic acid groups (broad SMARTS) is 1. The van der Waals surface area contributed by atoms with Gasteiger partial charge in [0.15, 0.2) is 11.6 Å². The highest BCUT2D eigenvalue weighted by Crippen LogP contribution is 2.27. The summed E-state index contributed by atoms with van der Waals surface area (Å²) in [5.74, 6) is -1.64. The van der Waals surface area contributed by atoms with Crippen molar-refractivity contribution in [2.75, 3.05) is 6.61 Å². The SMILES string of the molecule is CC/C(=C/COc1c(F)cccc1Cl)C(=O)O. The van der Waals surface area contributed by atoms with Gasteiger partial charge in [-0.05, 0) is 24.6 Å². The highest BCUT2D eigenvalue weighted by Gasteiger charge is 2.08. The molecule has 17 heavy (non-hydrogen) atoms. The predicted molar refractivity (Wildman–Crippen MR) is 62.9 cm³/mol. The molecule has 0 saturated heterocycles. The molecule has 0 aliphatic rings. The van der Waals surface area contributed by atoms with Crippen LogP contribution in [0.15, 0.2) is 29.8 Å². The number of benzene rings is 1. The third kappa shape index (κ3) is 3.75. The molecule has 0 aliphatic heterocycles. The largest absolute Gasteiger partial charge is 0.485 e. The number of aliphatic carboxylic acids is 1. The van der Waals surface area contributed by atoms with Crippen molar-refractivity contribution in [3.63, 3.8) is 0 Å². The molecule has 0 aromatic heterocycles. The number of hydrogen-bond donors (Lipinski definition) is 1. The van der Waals surface area contributed by atoms with E-state index in [-0.39, 0.29) is 23.0 Å². The number of hydrogen-bond acceptors (Lipinski definition) is 2. The quantitative estimate of drug-likeness (QED) is 0.825. The van der Waals surface area contributed by atoms with Gasteiger partial charge < -0.3 is 9.84 Å². The molecule has 1 aromatic rings. The number of rotatable bonds is 5. The third-order valence-corrected chi connectivity index (χ3v) is 2.43. The van der Waals surface area contributed by atoms with E-state index < -0.39 is 11.8 Å².